The molecular weight excluding hydrogens is 473 g/mol. The number of carbonyl (C=O) groups is 2. The van der Waals surface area contributed by atoms with Crippen LogP contribution in [0.3, 0.4) is 0 Å². The number of halogens is 1. The van der Waals surface area contributed by atoms with Gasteiger partial charge < -0.3 is 14.6 Å². The predicted molar refractivity (Wildman–Crippen MR) is 129 cm³/mol. The molecule has 1 aliphatic rings. The molecule has 10 heteroatoms. The normalized spacial score (nSPS) is 17.0. The summed E-state index contributed by atoms with van der Waals surface area (Å²) in [6.07, 6.45) is 1.60. The van der Waals surface area contributed by atoms with E-state index >= 15 is 0 Å². The maximum absolute atomic E-state index is 13.5. The molecular formula is C25H22FN3O5S. The first-order valence-corrected chi connectivity index (χ1v) is 11.5. The highest BCUT2D eigenvalue weighted by Crippen LogP contribution is 2.44. The lowest BCUT2D eigenvalue weighted by Gasteiger charge is -2.23. The zero-order valence-electron chi connectivity index (χ0n) is 19.0. The highest BCUT2D eigenvalue weighted by molar-refractivity contribution is 7.15. The van der Waals surface area contributed by atoms with Gasteiger partial charge >= 0.3 is 5.91 Å². The summed E-state index contributed by atoms with van der Waals surface area (Å²) in [5.74, 6) is -1.83. The Balaban J connectivity index is 1.92. The first-order chi connectivity index (χ1) is 16.8. The fraction of sp³-hybridized carbons (Fsp3) is 0.200. The van der Waals surface area contributed by atoms with Gasteiger partial charge in [0.15, 0.2) is 11.5 Å². The molecule has 180 valence electrons. The van der Waals surface area contributed by atoms with Crippen molar-refractivity contribution in [1.82, 2.24) is 10.2 Å². The van der Waals surface area contributed by atoms with Crippen molar-refractivity contribution in [3.8, 4) is 11.5 Å². The lowest BCUT2D eigenvalue weighted by atomic mass is 9.95. The molecule has 1 N–H and O–H groups in total. The molecule has 3 aromatic rings. The van der Waals surface area contributed by atoms with E-state index < -0.39 is 29.3 Å². The number of ether oxygens (including phenoxy) is 2. The Bertz CT molecular complexity index is 1320. The summed E-state index contributed by atoms with van der Waals surface area (Å²) in [4.78, 5) is 27.6. The van der Waals surface area contributed by atoms with Crippen molar-refractivity contribution >= 4 is 33.9 Å². The minimum absolute atomic E-state index is 0.156. The van der Waals surface area contributed by atoms with Gasteiger partial charge in [0.05, 0.1) is 18.2 Å². The van der Waals surface area contributed by atoms with Gasteiger partial charge in [-0.15, -0.1) is 10.2 Å². The molecule has 0 radical (unpaired) electrons. The van der Waals surface area contributed by atoms with E-state index in [1.807, 2.05) is 6.92 Å². The van der Waals surface area contributed by atoms with E-state index in [2.05, 4.69) is 16.8 Å². The summed E-state index contributed by atoms with van der Waals surface area (Å²) in [5.41, 5.74) is 0.519. The second-order valence-electron chi connectivity index (χ2n) is 7.52. The summed E-state index contributed by atoms with van der Waals surface area (Å²) in [6, 6.07) is 8.95. The maximum Gasteiger partial charge on any atom is 0.301 e. The van der Waals surface area contributed by atoms with Crippen LogP contribution in [0.4, 0.5) is 9.52 Å². The number of rotatable bonds is 8. The van der Waals surface area contributed by atoms with Crippen LogP contribution in [0.5, 0.6) is 11.5 Å². The van der Waals surface area contributed by atoms with E-state index in [0.29, 0.717) is 28.7 Å². The molecule has 4 rings (SSSR count). The second kappa shape index (κ2) is 10.1. The van der Waals surface area contributed by atoms with E-state index in [-0.39, 0.29) is 22.9 Å². The van der Waals surface area contributed by atoms with Gasteiger partial charge in [-0.2, -0.15) is 0 Å². The zero-order chi connectivity index (χ0) is 25.1. The van der Waals surface area contributed by atoms with Crippen LogP contribution in [0, 0.1) is 12.7 Å². The monoisotopic (exact) mass is 495 g/mol. The number of amides is 1. The lowest BCUT2D eigenvalue weighted by molar-refractivity contribution is -0.132. The van der Waals surface area contributed by atoms with Gasteiger partial charge in [-0.1, -0.05) is 30.1 Å². The van der Waals surface area contributed by atoms with Crippen molar-refractivity contribution in [2.24, 2.45) is 0 Å². The molecule has 8 nitrogen and oxygen atoms in total. The van der Waals surface area contributed by atoms with Crippen molar-refractivity contribution < 1.29 is 28.6 Å². The molecule has 1 saturated heterocycles. The van der Waals surface area contributed by atoms with Gasteiger partial charge in [-0.05, 0) is 55.8 Å². The first-order valence-electron chi connectivity index (χ1n) is 10.7. The largest absolute Gasteiger partial charge is 0.507 e. The number of hydrogen-bond donors (Lipinski definition) is 1. The molecule has 1 atom stereocenters. The Hall–Kier alpha value is -4.05. The summed E-state index contributed by atoms with van der Waals surface area (Å²) in [6.45, 7) is 7.78. The summed E-state index contributed by atoms with van der Waals surface area (Å²) >= 11 is 1.14. The average molecular weight is 496 g/mol. The van der Waals surface area contributed by atoms with Crippen molar-refractivity contribution in [3.05, 3.63) is 82.6 Å². The third-order valence-corrected chi connectivity index (χ3v) is 6.06. The number of anilines is 1. The Morgan fingerprint density at radius 1 is 1.17 bits per heavy atom. The fourth-order valence-electron chi connectivity index (χ4n) is 3.72. The van der Waals surface area contributed by atoms with Crippen LogP contribution in [0.25, 0.3) is 5.76 Å². The molecule has 2 aromatic carbocycles. The van der Waals surface area contributed by atoms with Gasteiger partial charge in [-0.3, -0.25) is 14.5 Å². The number of hydrogen-bond acceptors (Lipinski definition) is 8. The number of carbonyl (C=O) groups excluding carboxylic acids is 2. The lowest BCUT2D eigenvalue weighted by Crippen LogP contribution is -2.29. The number of aromatic nitrogens is 2. The molecule has 1 unspecified atom stereocenters. The predicted octanol–water partition coefficient (Wildman–Crippen LogP) is 4.58. The number of nitrogens with zero attached hydrogens (tertiary/aromatic N) is 3. The van der Waals surface area contributed by atoms with E-state index in [4.69, 9.17) is 9.47 Å². The molecule has 1 amide bonds. The molecule has 1 fully saturated rings. The molecule has 1 aliphatic heterocycles. The Kier molecular flexibility index (Phi) is 6.92. The van der Waals surface area contributed by atoms with E-state index in [1.54, 1.807) is 31.2 Å². The van der Waals surface area contributed by atoms with Gasteiger partial charge in [0, 0.05) is 5.56 Å². The number of aliphatic hydroxyl groups excluding tert-OH is 1. The molecule has 35 heavy (non-hydrogen) atoms. The van der Waals surface area contributed by atoms with Crippen molar-refractivity contribution in [3.63, 3.8) is 0 Å². The third-order valence-electron chi connectivity index (χ3n) is 5.22. The van der Waals surface area contributed by atoms with E-state index in [9.17, 15) is 19.1 Å². The number of benzene rings is 2. The molecule has 1 aromatic heterocycles. The summed E-state index contributed by atoms with van der Waals surface area (Å²) in [7, 11) is 0. The van der Waals surface area contributed by atoms with Crippen LogP contribution in [0.15, 0.2) is 60.7 Å². The summed E-state index contributed by atoms with van der Waals surface area (Å²) < 4.78 is 24.9. The zero-order valence-corrected chi connectivity index (χ0v) is 19.8. The van der Waals surface area contributed by atoms with Gasteiger partial charge in [-0.25, -0.2) is 4.39 Å². The first kappa shape index (κ1) is 24.1. The van der Waals surface area contributed by atoms with Crippen LogP contribution in [-0.2, 0) is 9.59 Å². The highest BCUT2D eigenvalue weighted by atomic mass is 32.1. The Morgan fingerprint density at radius 3 is 2.54 bits per heavy atom. The molecule has 0 spiro atoms. The van der Waals surface area contributed by atoms with Crippen LogP contribution in [0.2, 0.25) is 0 Å². The minimum atomic E-state index is -1.03. The van der Waals surface area contributed by atoms with Gasteiger partial charge in [0.1, 0.15) is 23.2 Å². The standard InChI is InChI=1S/C25H22FN3O5S/c1-4-12-34-18-11-8-16(13-19(18)33-5-2)21-20(22(30)15-6-9-17(26)10-7-15)23(31)24(32)29(21)25-28-27-14(3)35-25/h4,6-11,13,21,30H,1,5,12H2,2-3H3/b22-20+. The van der Waals surface area contributed by atoms with Crippen LogP contribution < -0.4 is 14.4 Å². The quantitative estimate of drug-likeness (QED) is 0.211. The molecule has 0 bridgehead atoms. The van der Waals surface area contributed by atoms with Gasteiger partial charge in [0.2, 0.25) is 5.13 Å². The van der Waals surface area contributed by atoms with Crippen molar-refractivity contribution in [1.29, 1.82) is 0 Å². The van der Waals surface area contributed by atoms with Crippen molar-refractivity contribution in [2.75, 3.05) is 18.1 Å². The smallest absolute Gasteiger partial charge is 0.301 e. The Labute approximate surface area is 204 Å². The van der Waals surface area contributed by atoms with E-state index in [1.165, 1.54) is 17.0 Å². The SMILES string of the molecule is C=CCOc1ccc(C2/C(=C(\O)c3ccc(F)cc3)C(=O)C(=O)N2c2nnc(C)s2)cc1OCC. The van der Waals surface area contributed by atoms with Crippen LogP contribution >= 0.6 is 11.3 Å². The van der Waals surface area contributed by atoms with Crippen LogP contribution in [0.1, 0.15) is 29.1 Å². The topological polar surface area (TPSA) is 102 Å². The third kappa shape index (κ3) is 4.65. The van der Waals surface area contributed by atoms with Gasteiger partial charge in [0.25, 0.3) is 5.78 Å². The molecule has 0 saturated carbocycles. The number of Topliss-reactive ketones (excluding diaryl/α,β-unsaturated/α-hetero) is 1. The average Bonchev–Trinajstić information content (AvgIpc) is 3.39. The van der Waals surface area contributed by atoms with Crippen LogP contribution in [-0.4, -0.2) is 40.2 Å². The number of aliphatic hydroxyl groups is 1. The fourth-order valence-corrected chi connectivity index (χ4v) is 4.44. The Morgan fingerprint density at radius 2 is 1.91 bits per heavy atom. The molecule has 0 aliphatic carbocycles. The van der Waals surface area contributed by atoms with E-state index in [0.717, 1.165) is 23.5 Å². The minimum Gasteiger partial charge on any atom is -0.507 e. The summed E-state index contributed by atoms with van der Waals surface area (Å²) in [5, 5.41) is 19.9. The molecule has 2 heterocycles. The maximum atomic E-state index is 13.5. The number of ketones is 1. The van der Waals surface area contributed by atoms with Crippen molar-refractivity contribution in [2.45, 2.75) is 19.9 Å². The number of aryl methyl sites for hydroxylation is 1. The highest BCUT2D eigenvalue weighted by Gasteiger charge is 2.48. The second-order valence-corrected chi connectivity index (χ2v) is 8.68.